The quantitative estimate of drug-likeness (QED) is 0.891. The lowest BCUT2D eigenvalue weighted by Gasteiger charge is -2.13. The molecule has 0 saturated heterocycles. The Bertz CT molecular complexity index is 511. The average Bonchev–Trinajstić information content (AvgIpc) is 2.40. The van der Waals surface area contributed by atoms with E-state index >= 15 is 0 Å². The highest BCUT2D eigenvalue weighted by Gasteiger charge is 2.07. The van der Waals surface area contributed by atoms with Crippen molar-refractivity contribution in [1.29, 1.82) is 0 Å². The van der Waals surface area contributed by atoms with Crippen LogP contribution in [0.2, 0.25) is 0 Å². The lowest BCUT2D eigenvalue weighted by atomic mass is 10.1. The summed E-state index contributed by atoms with van der Waals surface area (Å²) in [7, 11) is 0. The van der Waals surface area contributed by atoms with Crippen LogP contribution in [-0.4, -0.2) is 4.98 Å². The van der Waals surface area contributed by atoms with Crippen LogP contribution in [0.4, 0.5) is 4.39 Å². The molecule has 0 aliphatic carbocycles. The van der Waals surface area contributed by atoms with Crippen LogP contribution in [0.3, 0.4) is 0 Å². The molecule has 1 atom stereocenters. The Balaban J connectivity index is 2.01. The van der Waals surface area contributed by atoms with Crippen LogP contribution in [0.15, 0.2) is 42.6 Å². The summed E-state index contributed by atoms with van der Waals surface area (Å²) in [5.74, 6) is -0.165. The highest BCUT2D eigenvalue weighted by atomic mass is 19.1. The maximum Gasteiger partial charge on any atom is 0.127 e. The van der Waals surface area contributed by atoms with E-state index in [4.69, 9.17) is 0 Å². The zero-order valence-corrected chi connectivity index (χ0v) is 10.7. The Labute approximate surface area is 107 Å². The van der Waals surface area contributed by atoms with E-state index in [1.807, 2.05) is 38.1 Å². The number of aromatic nitrogens is 1. The summed E-state index contributed by atoms with van der Waals surface area (Å²) in [6.07, 6.45) is 1.76. The molecule has 0 amide bonds. The van der Waals surface area contributed by atoms with Crippen LogP contribution < -0.4 is 5.32 Å². The number of rotatable bonds is 4. The van der Waals surface area contributed by atoms with E-state index in [1.54, 1.807) is 12.3 Å². The van der Waals surface area contributed by atoms with E-state index < -0.39 is 0 Å². The van der Waals surface area contributed by atoms with E-state index in [9.17, 15) is 4.39 Å². The first-order valence-corrected chi connectivity index (χ1v) is 6.06. The minimum atomic E-state index is -0.165. The first-order chi connectivity index (χ1) is 8.66. The van der Waals surface area contributed by atoms with Crippen molar-refractivity contribution in [2.75, 3.05) is 0 Å². The van der Waals surface area contributed by atoms with Gasteiger partial charge in [0.15, 0.2) is 0 Å². The minimum Gasteiger partial charge on any atom is -0.305 e. The van der Waals surface area contributed by atoms with Gasteiger partial charge in [0.1, 0.15) is 5.82 Å². The van der Waals surface area contributed by atoms with Gasteiger partial charge in [0.05, 0.1) is 5.69 Å². The Kier molecular flexibility index (Phi) is 4.05. The molecule has 2 aromatic rings. The molecule has 0 unspecified atom stereocenters. The maximum atomic E-state index is 13.6. The summed E-state index contributed by atoms with van der Waals surface area (Å²) in [6.45, 7) is 4.49. The third-order valence-corrected chi connectivity index (χ3v) is 2.93. The van der Waals surface area contributed by atoms with Gasteiger partial charge in [0.25, 0.3) is 0 Å². The van der Waals surface area contributed by atoms with Crippen LogP contribution in [0.5, 0.6) is 0 Å². The van der Waals surface area contributed by atoms with Crippen molar-refractivity contribution in [2.24, 2.45) is 0 Å². The highest BCUT2D eigenvalue weighted by molar-refractivity contribution is 5.24. The first kappa shape index (κ1) is 12.7. The van der Waals surface area contributed by atoms with E-state index in [2.05, 4.69) is 10.3 Å². The predicted octanol–water partition coefficient (Wildman–Crippen LogP) is 3.38. The maximum absolute atomic E-state index is 13.6. The standard InChI is InChI=1S/C15H17FN2/c1-11-6-7-14(16)13(9-11)10-18-12(2)15-5-3-4-8-17-15/h3-9,12,18H,10H2,1-2H3/t12-/m1/s1. The third kappa shape index (κ3) is 3.14. The number of pyridine rings is 1. The molecule has 2 rings (SSSR count). The van der Waals surface area contributed by atoms with Gasteiger partial charge in [0.2, 0.25) is 0 Å². The molecule has 2 nitrogen and oxygen atoms in total. The molecule has 3 heteroatoms. The molecule has 0 radical (unpaired) electrons. The van der Waals surface area contributed by atoms with Crippen molar-refractivity contribution < 1.29 is 4.39 Å². The van der Waals surface area contributed by atoms with E-state index in [0.29, 0.717) is 12.1 Å². The number of hydrogen-bond acceptors (Lipinski definition) is 2. The van der Waals surface area contributed by atoms with Crippen LogP contribution in [0.25, 0.3) is 0 Å². The molecule has 0 fully saturated rings. The fourth-order valence-corrected chi connectivity index (χ4v) is 1.84. The SMILES string of the molecule is Cc1ccc(F)c(CN[C@H](C)c2ccccn2)c1. The zero-order chi connectivity index (χ0) is 13.0. The molecule has 0 aliphatic rings. The van der Waals surface area contributed by atoms with Gasteiger partial charge >= 0.3 is 0 Å². The molecule has 1 aromatic heterocycles. The second kappa shape index (κ2) is 5.74. The molecule has 0 spiro atoms. The van der Waals surface area contributed by atoms with Crippen LogP contribution in [0, 0.1) is 12.7 Å². The summed E-state index contributed by atoms with van der Waals surface area (Å²) >= 11 is 0. The Morgan fingerprint density at radius 1 is 1.28 bits per heavy atom. The van der Waals surface area contributed by atoms with Crippen LogP contribution >= 0.6 is 0 Å². The number of hydrogen-bond donors (Lipinski definition) is 1. The molecular formula is C15H17FN2. The zero-order valence-electron chi connectivity index (χ0n) is 10.7. The number of halogens is 1. The molecule has 1 heterocycles. The van der Waals surface area contributed by atoms with Crippen molar-refractivity contribution in [3.05, 3.63) is 65.2 Å². The van der Waals surface area contributed by atoms with E-state index in [1.165, 1.54) is 6.07 Å². The van der Waals surface area contributed by atoms with E-state index in [0.717, 1.165) is 11.3 Å². The highest BCUT2D eigenvalue weighted by Crippen LogP contribution is 2.13. The Morgan fingerprint density at radius 2 is 2.11 bits per heavy atom. The lowest BCUT2D eigenvalue weighted by molar-refractivity contribution is 0.535. The Morgan fingerprint density at radius 3 is 2.83 bits per heavy atom. The van der Waals surface area contributed by atoms with Gasteiger partial charge in [-0.1, -0.05) is 23.8 Å². The summed E-state index contributed by atoms with van der Waals surface area (Å²) in [5, 5.41) is 3.28. The van der Waals surface area contributed by atoms with Gasteiger partial charge in [-0.3, -0.25) is 4.98 Å². The summed E-state index contributed by atoms with van der Waals surface area (Å²) < 4.78 is 13.6. The summed E-state index contributed by atoms with van der Waals surface area (Å²) in [4.78, 5) is 4.27. The molecule has 0 bridgehead atoms. The summed E-state index contributed by atoms with van der Waals surface area (Å²) in [6, 6.07) is 11.1. The third-order valence-electron chi connectivity index (χ3n) is 2.93. The van der Waals surface area contributed by atoms with Crippen molar-refractivity contribution >= 4 is 0 Å². The first-order valence-electron chi connectivity index (χ1n) is 6.06. The second-order valence-corrected chi connectivity index (χ2v) is 4.45. The summed E-state index contributed by atoms with van der Waals surface area (Å²) in [5.41, 5.74) is 2.72. The number of aryl methyl sites for hydroxylation is 1. The fraction of sp³-hybridized carbons (Fsp3) is 0.267. The molecule has 1 N–H and O–H groups in total. The molecule has 1 aromatic carbocycles. The molecule has 0 aliphatic heterocycles. The van der Waals surface area contributed by atoms with Gasteiger partial charge in [-0.05, 0) is 32.0 Å². The lowest BCUT2D eigenvalue weighted by Crippen LogP contribution is -2.19. The second-order valence-electron chi connectivity index (χ2n) is 4.45. The van der Waals surface area contributed by atoms with Crippen molar-refractivity contribution in [1.82, 2.24) is 10.3 Å². The predicted molar refractivity (Wildman–Crippen MR) is 70.6 cm³/mol. The minimum absolute atomic E-state index is 0.103. The van der Waals surface area contributed by atoms with Crippen LogP contribution in [0.1, 0.15) is 29.8 Å². The van der Waals surface area contributed by atoms with Crippen molar-refractivity contribution in [3.63, 3.8) is 0 Å². The van der Waals surface area contributed by atoms with Gasteiger partial charge in [-0.2, -0.15) is 0 Å². The number of nitrogens with one attached hydrogen (secondary N) is 1. The van der Waals surface area contributed by atoms with Crippen molar-refractivity contribution in [3.8, 4) is 0 Å². The Hall–Kier alpha value is -1.74. The monoisotopic (exact) mass is 244 g/mol. The van der Waals surface area contributed by atoms with Crippen molar-refractivity contribution in [2.45, 2.75) is 26.4 Å². The topological polar surface area (TPSA) is 24.9 Å². The van der Waals surface area contributed by atoms with Gasteiger partial charge in [0, 0.05) is 24.3 Å². The number of benzene rings is 1. The molecule has 18 heavy (non-hydrogen) atoms. The fourth-order valence-electron chi connectivity index (χ4n) is 1.84. The largest absolute Gasteiger partial charge is 0.305 e. The van der Waals surface area contributed by atoms with Gasteiger partial charge in [-0.15, -0.1) is 0 Å². The number of nitrogens with zero attached hydrogens (tertiary/aromatic N) is 1. The smallest absolute Gasteiger partial charge is 0.127 e. The van der Waals surface area contributed by atoms with Gasteiger partial charge in [-0.25, -0.2) is 4.39 Å². The molecule has 94 valence electrons. The average molecular weight is 244 g/mol. The van der Waals surface area contributed by atoms with E-state index in [-0.39, 0.29) is 11.9 Å². The molecule has 0 saturated carbocycles. The van der Waals surface area contributed by atoms with Gasteiger partial charge < -0.3 is 5.32 Å². The molecular weight excluding hydrogens is 227 g/mol. The van der Waals surface area contributed by atoms with Crippen LogP contribution in [-0.2, 0) is 6.54 Å². The normalized spacial score (nSPS) is 12.4.